The number of hydrogen-bond donors (Lipinski definition) is 0. The van der Waals surface area contributed by atoms with E-state index in [4.69, 9.17) is 0 Å². The summed E-state index contributed by atoms with van der Waals surface area (Å²) in [4.78, 5) is 0.745. The van der Waals surface area contributed by atoms with E-state index < -0.39 is 15.6 Å². The Hall–Kier alpha value is -0.760. The van der Waals surface area contributed by atoms with Crippen molar-refractivity contribution in [2.75, 3.05) is 0 Å². The molecule has 0 aromatic carbocycles. The number of alkyl halides is 3. The van der Waals surface area contributed by atoms with Gasteiger partial charge in [-0.15, -0.1) is 11.3 Å². The zero-order valence-corrected chi connectivity index (χ0v) is 10.1. The Labute approximate surface area is 95.0 Å². The molecule has 8 heteroatoms. The van der Waals surface area contributed by atoms with Crippen LogP contribution in [0.25, 0.3) is 0 Å². The van der Waals surface area contributed by atoms with Gasteiger partial charge in [0.15, 0.2) is 5.75 Å². The maximum atomic E-state index is 12.1. The van der Waals surface area contributed by atoms with Crippen molar-refractivity contribution in [1.29, 1.82) is 0 Å². The fourth-order valence-corrected chi connectivity index (χ4v) is 2.52. The molecule has 0 saturated carbocycles. The van der Waals surface area contributed by atoms with Gasteiger partial charge in [0.25, 0.3) is 0 Å². The van der Waals surface area contributed by atoms with Gasteiger partial charge in [-0.05, 0) is 13.3 Å². The van der Waals surface area contributed by atoms with Crippen molar-refractivity contribution in [3.63, 3.8) is 0 Å². The van der Waals surface area contributed by atoms with Crippen molar-refractivity contribution in [3.05, 3.63) is 15.8 Å². The lowest BCUT2D eigenvalue weighted by Crippen LogP contribution is -2.28. The van der Waals surface area contributed by atoms with Crippen LogP contribution in [-0.2, 0) is 16.5 Å². The molecule has 3 nitrogen and oxygen atoms in total. The lowest BCUT2D eigenvalue weighted by atomic mass is 10.2. The van der Waals surface area contributed by atoms with Gasteiger partial charge in [0, 0.05) is 15.8 Å². The van der Waals surface area contributed by atoms with Crippen LogP contribution in [0.15, 0.2) is 5.38 Å². The molecule has 0 N–H and O–H groups in total. The topological polar surface area (TPSA) is 43.4 Å². The van der Waals surface area contributed by atoms with Crippen molar-refractivity contribution in [2.24, 2.45) is 0 Å². The average molecular weight is 274 g/mol. The Morgan fingerprint density at radius 2 is 2.00 bits per heavy atom. The highest BCUT2D eigenvalue weighted by atomic mass is 32.2. The Kier molecular flexibility index (Phi) is 3.53. The number of rotatable bonds is 3. The molecule has 0 saturated heterocycles. The lowest BCUT2D eigenvalue weighted by molar-refractivity contribution is -0.0500. The third-order valence-corrected chi connectivity index (χ3v) is 3.80. The third kappa shape index (κ3) is 2.49. The Morgan fingerprint density at radius 3 is 2.44 bits per heavy atom. The van der Waals surface area contributed by atoms with Gasteiger partial charge in [0.2, 0.25) is 0 Å². The largest absolute Gasteiger partial charge is 0.534 e. The van der Waals surface area contributed by atoms with Crippen LogP contribution < -0.4 is 4.18 Å². The summed E-state index contributed by atoms with van der Waals surface area (Å²) in [6.07, 6.45) is 0.415. The predicted octanol–water partition coefficient (Wildman–Crippen LogP) is 2.85. The molecule has 0 radical (unpaired) electrons. The maximum absolute atomic E-state index is 12.1. The smallest absolute Gasteiger partial charge is 0.375 e. The minimum absolute atomic E-state index is 0.234. The normalized spacial score (nSPS) is 12.8. The van der Waals surface area contributed by atoms with Crippen molar-refractivity contribution >= 4 is 21.5 Å². The van der Waals surface area contributed by atoms with Crippen LogP contribution >= 0.6 is 11.3 Å². The summed E-state index contributed by atoms with van der Waals surface area (Å²) in [6, 6.07) is 0. The fourth-order valence-electron chi connectivity index (χ4n) is 1.12. The van der Waals surface area contributed by atoms with E-state index in [1.807, 2.05) is 0 Å². The van der Waals surface area contributed by atoms with Crippen molar-refractivity contribution in [1.82, 2.24) is 0 Å². The highest BCUT2D eigenvalue weighted by Crippen LogP contribution is 2.33. The van der Waals surface area contributed by atoms with E-state index in [1.165, 1.54) is 5.38 Å². The number of hydrogen-bond acceptors (Lipinski definition) is 4. The fraction of sp³-hybridized carbons (Fsp3) is 0.500. The van der Waals surface area contributed by atoms with E-state index in [0.717, 1.165) is 16.2 Å². The first-order valence-corrected chi connectivity index (χ1v) is 6.55. The zero-order valence-electron chi connectivity index (χ0n) is 8.46. The van der Waals surface area contributed by atoms with Crippen LogP contribution in [0, 0.1) is 6.92 Å². The molecule has 0 amide bonds. The summed E-state index contributed by atoms with van der Waals surface area (Å²) in [5, 5.41) is 1.26. The summed E-state index contributed by atoms with van der Waals surface area (Å²) in [6.45, 7) is 3.40. The molecule has 0 unspecified atom stereocenters. The van der Waals surface area contributed by atoms with Crippen LogP contribution in [0.5, 0.6) is 5.75 Å². The Morgan fingerprint density at radius 1 is 1.44 bits per heavy atom. The molecule has 0 aliphatic carbocycles. The van der Waals surface area contributed by atoms with Crippen LogP contribution in [0.1, 0.15) is 17.4 Å². The van der Waals surface area contributed by atoms with E-state index in [9.17, 15) is 21.6 Å². The van der Waals surface area contributed by atoms with Crippen LogP contribution in [0.3, 0.4) is 0 Å². The zero-order chi connectivity index (χ0) is 12.6. The van der Waals surface area contributed by atoms with E-state index in [2.05, 4.69) is 4.18 Å². The molecule has 1 aromatic heterocycles. The molecule has 92 valence electrons. The van der Waals surface area contributed by atoms with Crippen molar-refractivity contribution < 1.29 is 25.8 Å². The van der Waals surface area contributed by atoms with Crippen LogP contribution in [0.2, 0.25) is 0 Å². The van der Waals surface area contributed by atoms with Gasteiger partial charge in [0.1, 0.15) is 0 Å². The first-order valence-electron chi connectivity index (χ1n) is 4.26. The maximum Gasteiger partial charge on any atom is 0.534 e. The molecule has 0 bridgehead atoms. The van der Waals surface area contributed by atoms with Gasteiger partial charge in [-0.1, -0.05) is 6.92 Å². The molecular formula is C8H9F3O3S2. The van der Waals surface area contributed by atoms with Gasteiger partial charge in [-0.25, -0.2) is 0 Å². The second kappa shape index (κ2) is 4.25. The Balaban J connectivity index is 3.07. The minimum Gasteiger partial charge on any atom is -0.375 e. The average Bonchev–Trinajstić information content (AvgIpc) is 2.44. The van der Waals surface area contributed by atoms with Gasteiger partial charge in [-0.3, -0.25) is 0 Å². The van der Waals surface area contributed by atoms with Crippen LogP contribution in [0.4, 0.5) is 13.2 Å². The third-order valence-electron chi connectivity index (χ3n) is 1.90. The standard InChI is InChI=1S/C8H9F3O3S2/c1-3-6-5(2)15-4-7(6)14-16(12,13)8(9,10)11/h4H,3H2,1-2H3. The first-order chi connectivity index (χ1) is 7.19. The molecule has 1 rings (SSSR count). The second-order valence-corrected chi connectivity index (χ2v) is 5.59. The molecular weight excluding hydrogens is 265 g/mol. The predicted molar refractivity (Wildman–Crippen MR) is 54.0 cm³/mol. The lowest BCUT2D eigenvalue weighted by Gasteiger charge is -2.09. The SMILES string of the molecule is CCc1c(OS(=O)(=O)C(F)(F)F)csc1C. The molecule has 16 heavy (non-hydrogen) atoms. The summed E-state index contributed by atoms with van der Waals surface area (Å²) in [5.74, 6) is -0.234. The van der Waals surface area contributed by atoms with E-state index in [0.29, 0.717) is 12.0 Å². The molecule has 1 aromatic rings. The van der Waals surface area contributed by atoms with Crippen LogP contribution in [-0.4, -0.2) is 13.9 Å². The summed E-state index contributed by atoms with van der Waals surface area (Å²) in [7, 11) is -5.56. The van der Waals surface area contributed by atoms with Gasteiger partial charge in [-0.2, -0.15) is 21.6 Å². The summed E-state index contributed by atoms with van der Waals surface area (Å²) >= 11 is 1.15. The van der Waals surface area contributed by atoms with E-state index in [-0.39, 0.29) is 5.75 Å². The summed E-state index contributed by atoms with van der Waals surface area (Å²) < 4.78 is 61.7. The number of thiophene rings is 1. The molecule has 1 heterocycles. The van der Waals surface area contributed by atoms with Crippen molar-refractivity contribution in [3.8, 4) is 5.75 Å². The monoisotopic (exact) mass is 274 g/mol. The van der Waals surface area contributed by atoms with Crippen molar-refractivity contribution in [2.45, 2.75) is 25.8 Å². The highest BCUT2D eigenvalue weighted by molar-refractivity contribution is 7.88. The van der Waals surface area contributed by atoms with Gasteiger partial charge < -0.3 is 4.18 Å². The Bertz CT molecular complexity index is 473. The molecule has 0 spiro atoms. The molecule has 0 atom stereocenters. The minimum atomic E-state index is -5.56. The summed E-state index contributed by atoms with van der Waals surface area (Å²) in [5.41, 5.74) is -4.91. The van der Waals surface area contributed by atoms with Gasteiger partial charge >= 0.3 is 15.6 Å². The highest BCUT2D eigenvalue weighted by Gasteiger charge is 2.48. The quantitative estimate of drug-likeness (QED) is 0.629. The second-order valence-electron chi connectivity index (χ2n) is 2.97. The molecule has 0 aliphatic rings. The number of aryl methyl sites for hydroxylation is 1. The van der Waals surface area contributed by atoms with E-state index in [1.54, 1.807) is 13.8 Å². The van der Waals surface area contributed by atoms with Gasteiger partial charge in [0.05, 0.1) is 0 Å². The molecule has 0 fully saturated rings. The number of halogens is 3. The first kappa shape index (κ1) is 13.3. The molecule has 0 aliphatic heterocycles. The van der Waals surface area contributed by atoms with E-state index >= 15 is 0 Å².